The fourth-order valence-corrected chi connectivity index (χ4v) is 3.17. The third-order valence-corrected chi connectivity index (χ3v) is 4.86. The number of aryl methyl sites for hydroxylation is 3. The maximum absolute atomic E-state index is 12.5. The van der Waals surface area contributed by atoms with Gasteiger partial charge in [0.1, 0.15) is 11.7 Å². The molecule has 0 radical (unpaired) electrons. The molecular formula is C21H22N4O6. The molecule has 1 aromatic carbocycles. The van der Waals surface area contributed by atoms with Crippen LogP contribution < -0.4 is 10.9 Å². The lowest BCUT2D eigenvalue weighted by atomic mass is 10.1. The first-order valence-corrected chi connectivity index (χ1v) is 9.63. The molecular weight excluding hydrogens is 404 g/mol. The van der Waals surface area contributed by atoms with E-state index in [1.165, 1.54) is 10.9 Å². The first kappa shape index (κ1) is 21.8. The number of amides is 1. The van der Waals surface area contributed by atoms with E-state index in [1.807, 2.05) is 6.92 Å². The Morgan fingerprint density at radius 1 is 1.19 bits per heavy atom. The van der Waals surface area contributed by atoms with Crippen molar-refractivity contribution in [1.82, 2.24) is 19.9 Å². The summed E-state index contributed by atoms with van der Waals surface area (Å²) in [5, 5.41) is 20.7. The Morgan fingerprint density at radius 3 is 2.55 bits per heavy atom. The van der Waals surface area contributed by atoms with Crippen LogP contribution in [-0.4, -0.2) is 48.6 Å². The van der Waals surface area contributed by atoms with Crippen molar-refractivity contribution in [2.45, 2.75) is 38.8 Å². The topological polar surface area (TPSA) is 154 Å². The van der Waals surface area contributed by atoms with Crippen molar-refractivity contribution >= 4 is 28.9 Å². The van der Waals surface area contributed by atoms with E-state index in [-0.39, 0.29) is 24.0 Å². The molecule has 0 aliphatic rings. The Kier molecular flexibility index (Phi) is 6.49. The largest absolute Gasteiger partial charge is 0.481 e. The van der Waals surface area contributed by atoms with E-state index in [0.29, 0.717) is 24.0 Å². The highest BCUT2D eigenvalue weighted by molar-refractivity contribution is 5.96. The standard InChI is InChI=1S/C21H22N4O6/c1-12-10-15-18(23-12)22-11-25(20(15)29)9-8-13-2-4-14(5-3-13)19(28)24-16(21(30)31)6-7-17(26)27/h2-5,10-11,16,23H,6-9H2,1H3,(H,24,28)(H,26,27)(H,30,31)/t16-/m0/s1. The highest BCUT2D eigenvalue weighted by Gasteiger charge is 2.21. The maximum atomic E-state index is 12.5. The number of nitrogens with one attached hydrogen (secondary N) is 2. The van der Waals surface area contributed by atoms with Gasteiger partial charge >= 0.3 is 11.9 Å². The third kappa shape index (κ3) is 5.35. The summed E-state index contributed by atoms with van der Waals surface area (Å²) in [5.41, 5.74) is 2.42. The molecule has 0 fully saturated rings. The van der Waals surface area contributed by atoms with Gasteiger partial charge < -0.3 is 20.5 Å². The number of benzene rings is 1. The highest BCUT2D eigenvalue weighted by atomic mass is 16.4. The number of carbonyl (C=O) groups is 3. The summed E-state index contributed by atoms with van der Waals surface area (Å²) >= 11 is 0. The molecule has 1 atom stereocenters. The summed E-state index contributed by atoms with van der Waals surface area (Å²) < 4.78 is 1.52. The number of carboxylic acid groups (broad SMARTS) is 2. The van der Waals surface area contributed by atoms with Crippen molar-refractivity contribution in [3.05, 3.63) is 63.8 Å². The van der Waals surface area contributed by atoms with E-state index in [4.69, 9.17) is 10.2 Å². The Labute approximate surface area is 176 Å². The Hall–Kier alpha value is -3.95. The smallest absolute Gasteiger partial charge is 0.326 e. The summed E-state index contributed by atoms with van der Waals surface area (Å²) in [6.45, 7) is 2.27. The molecule has 3 rings (SSSR count). The van der Waals surface area contributed by atoms with Gasteiger partial charge in [0, 0.05) is 24.2 Å². The maximum Gasteiger partial charge on any atom is 0.326 e. The van der Waals surface area contributed by atoms with Gasteiger partial charge in [-0.15, -0.1) is 0 Å². The Morgan fingerprint density at radius 2 is 1.90 bits per heavy atom. The molecule has 0 bridgehead atoms. The number of carboxylic acids is 2. The molecule has 0 aliphatic carbocycles. The molecule has 1 amide bonds. The first-order valence-electron chi connectivity index (χ1n) is 9.63. The number of fused-ring (bicyclic) bond motifs is 1. The summed E-state index contributed by atoms with van der Waals surface area (Å²) in [6, 6.07) is 7.03. The molecule has 0 unspecified atom stereocenters. The van der Waals surface area contributed by atoms with Crippen LogP contribution in [0.4, 0.5) is 0 Å². The first-order chi connectivity index (χ1) is 14.7. The van der Waals surface area contributed by atoms with Crippen LogP contribution in [-0.2, 0) is 22.6 Å². The summed E-state index contributed by atoms with van der Waals surface area (Å²) in [4.78, 5) is 53.9. The summed E-state index contributed by atoms with van der Waals surface area (Å²) in [5.74, 6) is -3.03. The number of H-pyrrole nitrogens is 1. The van der Waals surface area contributed by atoms with Crippen LogP contribution in [0.2, 0.25) is 0 Å². The van der Waals surface area contributed by atoms with Crippen molar-refractivity contribution in [1.29, 1.82) is 0 Å². The van der Waals surface area contributed by atoms with Crippen LogP contribution in [0.15, 0.2) is 41.5 Å². The van der Waals surface area contributed by atoms with E-state index >= 15 is 0 Å². The quantitative estimate of drug-likeness (QED) is 0.402. The van der Waals surface area contributed by atoms with E-state index in [0.717, 1.165) is 11.3 Å². The molecule has 3 aromatic rings. The van der Waals surface area contributed by atoms with Gasteiger partial charge in [0.2, 0.25) is 0 Å². The van der Waals surface area contributed by atoms with Crippen molar-refractivity contribution in [2.24, 2.45) is 0 Å². The van der Waals surface area contributed by atoms with Gasteiger partial charge in [-0.05, 0) is 43.5 Å². The SMILES string of the molecule is Cc1cc2c(=O)n(CCc3ccc(C(=O)N[C@@H](CCC(=O)O)C(=O)O)cc3)cnc2[nH]1. The van der Waals surface area contributed by atoms with Crippen LogP contribution >= 0.6 is 0 Å². The van der Waals surface area contributed by atoms with Crippen molar-refractivity contribution in [3.8, 4) is 0 Å². The van der Waals surface area contributed by atoms with E-state index in [2.05, 4.69) is 15.3 Å². The second kappa shape index (κ2) is 9.24. The van der Waals surface area contributed by atoms with Gasteiger partial charge in [0.25, 0.3) is 11.5 Å². The molecule has 0 saturated heterocycles. The molecule has 10 heteroatoms. The molecule has 4 N–H and O–H groups in total. The zero-order valence-electron chi connectivity index (χ0n) is 16.8. The molecule has 0 saturated carbocycles. The van der Waals surface area contributed by atoms with Gasteiger partial charge in [-0.1, -0.05) is 12.1 Å². The number of aromatic nitrogens is 3. The van der Waals surface area contributed by atoms with Gasteiger partial charge in [0.15, 0.2) is 0 Å². The second-order valence-electron chi connectivity index (χ2n) is 7.20. The van der Waals surface area contributed by atoms with Crippen LogP contribution in [0, 0.1) is 6.92 Å². The van der Waals surface area contributed by atoms with E-state index < -0.39 is 23.9 Å². The molecule has 31 heavy (non-hydrogen) atoms. The molecule has 2 aromatic heterocycles. The molecule has 162 valence electrons. The minimum absolute atomic E-state index is 0.133. The lowest BCUT2D eigenvalue weighted by Crippen LogP contribution is -2.41. The van der Waals surface area contributed by atoms with Gasteiger partial charge in [0.05, 0.1) is 11.7 Å². The number of carbonyl (C=O) groups excluding carboxylic acids is 1. The predicted octanol–water partition coefficient (Wildman–Crippen LogP) is 1.32. The number of rotatable bonds is 9. The molecule has 2 heterocycles. The lowest BCUT2D eigenvalue weighted by molar-refractivity contribution is -0.140. The second-order valence-corrected chi connectivity index (χ2v) is 7.20. The zero-order valence-corrected chi connectivity index (χ0v) is 16.8. The number of aliphatic carboxylic acids is 2. The fraction of sp³-hybridized carbons (Fsp3) is 0.286. The van der Waals surface area contributed by atoms with Crippen molar-refractivity contribution in [2.75, 3.05) is 0 Å². The number of aromatic amines is 1. The van der Waals surface area contributed by atoms with Crippen LogP contribution in [0.5, 0.6) is 0 Å². The minimum atomic E-state index is -1.29. The number of hydrogen-bond donors (Lipinski definition) is 4. The monoisotopic (exact) mass is 426 g/mol. The average molecular weight is 426 g/mol. The van der Waals surface area contributed by atoms with E-state index in [9.17, 15) is 19.2 Å². The van der Waals surface area contributed by atoms with Gasteiger partial charge in [-0.25, -0.2) is 9.78 Å². The van der Waals surface area contributed by atoms with Crippen LogP contribution in [0.3, 0.4) is 0 Å². The predicted molar refractivity (Wildman–Crippen MR) is 111 cm³/mol. The number of nitrogens with zero attached hydrogens (tertiary/aromatic N) is 2. The Balaban J connectivity index is 1.62. The number of hydrogen-bond acceptors (Lipinski definition) is 5. The van der Waals surface area contributed by atoms with E-state index in [1.54, 1.807) is 30.3 Å². The minimum Gasteiger partial charge on any atom is -0.481 e. The average Bonchev–Trinajstić information content (AvgIpc) is 3.11. The fourth-order valence-electron chi connectivity index (χ4n) is 3.17. The summed E-state index contributed by atoms with van der Waals surface area (Å²) in [7, 11) is 0. The third-order valence-electron chi connectivity index (χ3n) is 4.86. The molecule has 0 aliphatic heterocycles. The summed E-state index contributed by atoms with van der Waals surface area (Å²) in [6.07, 6.45) is 1.46. The van der Waals surface area contributed by atoms with Crippen molar-refractivity contribution < 1.29 is 24.6 Å². The Bertz CT molecular complexity index is 1180. The van der Waals surface area contributed by atoms with Crippen LogP contribution in [0.25, 0.3) is 11.0 Å². The van der Waals surface area contributed by atoms with Crippen LogP contribution in [0.1, 0.15) is 34.5 Å². The van der Waals surface area contributed by atoms with Gasteiger partial charge in [-0.3, -0.25) is 19.0 Å². The lowest BCUT2D eigenvalue weighted by Gasteiger charge is -2.13. The zero-order chi connectivity index (χ0) is 22.5. The van der Waals surface area contributed by atoms with Gasteiger partial charge in [-0.2, -0.15) is 0 Å². The highest BCUT2D eigenvalue weighted by Crippen LogP contribution is 2.10. The van der Waals surface area contributed by atoms with Crippen molar-refractivity contribution in [3.63, 3.8) is 0 Å². The molecule has 10 nitrogen and oxygen atoms in total. The molecule has 0 spiro atoms. The normalized spacial score (nSPS) is 11.9.